The first-order chi connectivity index (χ1) is 14.1. The van der Waals surface area contributed by atoms with E-state index in [1.165, 1.54) is 7.11 Å². The summed E-state index contributed by atoms with van der Waals surface area (Å²) >= 11 is 1.64. The molecule has 0 aromatic heterocycles. The highest BCUT2D eigenvalue weighted by Crippen LogP contribution is 2.31. The van der Waals surface area contributed by atoms with Crippen molar-refractivity contribution < 1.29 is 19.1 Å². The summed E-state index contributed by atoms with van der Waals surface area (Å²) in [6.45, 7) is 0.547. The molecule has 154 valence electrons. The molecule has 0 unspecified atom stereocenters. The van der Waals surface area contributed by atoms with Crippen LogP contribution in [0.2, 0.25) is 0 Å². The number of para-hydroxylation sites is 2. The highest BCUT2D eigenvalue weighted by Gasteiger charge is 2.28. The molecule has 0 bridgehead atoms. The van der Waals surface area contributed by atoms with Crippen molar-refractivity contribution in [1.82, 2.24) is 10.6 Å². The van der Waals surface area contributed by atoms with Crippen LogP contribution in [0.5, 0.6) is 11.5 Å². The largest absolute Gasteiger partial charge is 0.496 e. The topological polar surface area (TPSA) is 76.7 Å². The molecule has 6 nitrogen and oxygen atoms in total. The van der Waals surface area contributed by atoms with E-state index in [-0.39, 0.29) is 17.9 Å². The van der Waals surface area contributed by atoms with E-state index in [4.69, 9.17) is 9.47 Å². The highest BCUT2D eigenvalue weighted by atomic mass is 32.2. The fourth-order valence-electron chi connectivity index (χ4n) is 3.34. The minimum absolute atomic E-state index is 0.132. The molecule has 2 atom stereocenters. The van der Waals surface area contributed by atoms with Gasteiger partial charge in [-0.2, -0.15) is 11.8 Å². The first kappa shape index (κ1) is 21.0. The summed E-state index contributed by atoms with van der Waals surface area (Å²) in [6.07, 6.45) is 3.21. The van der Waals surface area contributed by atoms with E-state index in [1.54, 1.807) is 36.0 Å². The van der Waals surface area contributed by atoms with Gasteiger partial charge in [0.25, 0.3) is 5.91 Å². The molecular weight excluding hydrogens is 388 g/mol. The van der Waals surface area contributed by atoms with Gasteiger partial charge in [-0.1, -0.05) is 30.3 Å². The fraction of sp³-hybridized carbons (Fsp3) is 0.364. The van der Waals surface area contributed by atoms with E-state index in [2.05, 4.69) is 10.6 Å². The van der Waals surface area contributed by atoms with Crippen LogP contribution in [0.3, 0.4) is 0 Å². The zero-order valence-electron chi connectivity index (χ0n) is 16.6. The lowest BCUT2D eigenvalue weighted by atomic mass is 10.00. The number of thioether (sulfide) groups is 1. The van der Waals surface area contributed by atoms with Crippen LogP contribution in [0.15, 0.2) is 48.5 Å². The normalized spacial score (nSPS) is 16.1. The third kappa shape index (κ3) is 5.23. The van der Waals surface area contributed by atoms with Crippen LogP contribution in [0.1, 0.15) is 34.8 Å². The summed E-state index contributed by atoms with van der Waals surface area (Å²) in [6, 6.07) is 13.9. The number of benzene rings is 2. The molecule has 0 radical (unpaired) electrons. The second kappa shape index (κ2) is 10.2. The Balaban J connectivity index is 1.73. The van der Waals surface area contributed by atoms with E-state index in [0.717, 1.165) is 17.1 Å². The van der Waals surface area contributed by atoms with Crippen molar-refractivity contribution in [2.24, 2.45) is 0 Å². The van der Waals surface area contributed by atoms with Crippen LogP contribution in [0.4, 0.5) is 0 Å². The van der Waals surface area contributed by atoms with Gasteiger partial charge < -0.3 is 20.1 Å². The third-order valence-electron chi connectivity index (χ3n) is 4.86. The minimum atomic E-state index is -0.630. The lowest BCUT2D eigenvalue weighted by Crippen LogP contribution is -2.48. The number of hydrogen-bond donors (Lipinski definition) is 2. The summed E-state index contributed by atoms with van der Waals surface area (Å²) in [7, 11) is 1.52. The number of amides is 2. The second-order valence-electron chi connectivity index (χ2n) is 6.74. The second-order valence-corrected chi connectivity index (χ2v) is 7.73. The average molecular weight is 415 g/mol. The average Bonchev–Trinajstić information content (AvgIpc) is 2.76. The van der Waals surface area contributed by atoms with Crippen molar-refractivity contribution in [2.45, 2.75) is 24.9 Å². The Labute approximate surface area is 175 Å². The van der Waals surface area contributed by atoms with Crippen molar-refractivity contribution in [2.75, 3.05) is 25.7 Å². The molecule has 1 aliphatic rings. The lowest BCUT2D eigenvalue weighted by Gasteiger charge is -2.28. The molecule has 1 heterocycles. The minimum Gasteiger partial charge on any atom is -0.496 e. The Morgan fingerprint density at radius 1 is 1.21 bits per heavy atom. The third-order valence-corrected chi connectivity index (χ3v) is 5.50. The quantitative estimate of drug-likeness (QED) is 0.694. The number of methoxy groups -OCH3 is 1. The molecule has 3 rings (SSSR count). The molecular formula is C22H26N2O4S. The molecule has 2 amide bonds. The van der Waals surface area contributed by atoms with Gasteiger partial charge >= 0.3 is 0 Å². The number of hydrogen-bond acceptors (Lipinski definition) is 5. The Hall–Kier alpha value is -2.67. The van der Waals surface area contributed by atoms with Gasteiger partial charge in [-0.05, 0) is 36.6 Å². The van der Waals surface area contributed by atoms with E-state index in [0.29, 0.717) is 30.8 Å². The molecule has 2 aromatic carbocycles. The first-order valence-electron chi connectivity index (χ1n) is 9.59. The summed E-state index contributed by atoms with van der Waals surface area (Å²) in [4.78, 5) is 25.8. The molecule has 0 spiro atoms. The van der Waals surface area contributed by atoms with Crippen LogP contribution in [-0.4, -0.2) is 43.6 Å². The van der Waals surface area contributed by atoms with Gasteiger partial charge in [-0.3, -0.25) is 9.59 Å². The molecule has 1 aliphatic heterocycles. The Morgan fingerprint density at radius 3 is 2.76 bits per heavy atom. The van der Waals surface area contributed by atoms with Gasteiger partial charge in [0.2, 0.25) is 5.91 Å². The van der Waals surface area contributed by atoms with E-state index in [1.807, 2.05) is 30.5 Å². The Morgan fingerprint density at radius 2 is 1.97 bits per heavy atom. The van der Waals surface area contributed by atoms with Gasteiger partial charge in [0.1, 0.15) is 17.5 Å². The predicted molar refractivity (Wildman–Crippen MR) is 115 cm³/mol. The zero-order valence-corrected chi connectivity index (χ0v) is 17.5. The summed E-state index contributed by atoms with van der Waals surface area (Å²) in [5, 5.41) is 5.98. The number of ether oxygens (including phenoxy) is 2. The number of nitrogens with one attached hydrogen (secondary N) is 2. The van der Waals surface area contributed by atoms with Gasteiger partial charge in [-0.25, -0.2) is 0 Å². The van der Waals surface area contributed by atoms with Crippen molar-refractivity contribution in [1.29, 1.82) is 0 Å². The molecule has 0 saturated carbocycles. The van der Waals surface area contributed by atoms with Crippen LogP contribution >= 0.6 is 11.8 Å². The maximum absolute atomic E-state index is 13.0. The Bertz CT molecular complexity index is 858. The molecule has 2 aromatic rings. The SMILES string of the molecule is COc1ccccc1C(=O)N[C@@H](CCSC)C(=O)N[C@H]1CCOc2ccccc21. The summed E-state index contributed by atoms with van der Waals surface area (Å²) in [5.74, 6) is 1.52. The fourth-order valence-corrected chi connectivity index (χ4v) is 3.81. The van der Waals surface area contributed by atoms with E-state index < -0.39 is 6.04 Å². The van der Waals surface area contributed by atoms with Crippen LogP contribution in [0, 0.1) is 0 Å². The molecule has 0 fully saturated rings. The van der Waals surface area contributed by atoms with Crippen molar-refractivity contribution >= 4 is 23.6 Å². The highest BCUT2D eigenvalue weighted by molar-refractivity contribution is 7.98. The van der Waals surface area contributed by atoms with Gasteiger partial charge in [-0.15, -0.1) is 0 Å². The molecule has 7 heteroatoms. The van der Waals surface area contributed by atoms with Crippen molar-refractivity contribution in [3.8, 4) is 11.5 Å². The number of carbonyl (C=O) groups is 2. The monoisotopic (exact) mass is 414 g/mol. The molecule has 0 saturated heterocycles. The van der Waals surface area contributed by atoms with E-state index >= 15 is 0 Å². The van der Waals surface area contributed by atoms with Crippen LogP contribution in [-0.2, 0) is 4.79 Å². The Kier molecular flexibility index (Phi) is 7.41. The first-order valence-corrected chi connectivity index (χ1v) is 11.0. The predicted octanol–water partition coefficient (Wildman–Crippen LogP) is 3.19. The number of carbonyl (C=O) groups excluding carboxylic acids is 2. The number of fused-ring (bicyclic) bond motifs is 1. The van der Waals surface area contributed by atoms with Crippen LogP contribution in [0.25, 0.3) is 0 Å². The standard InChI is InChI=1S/C22H26N2O4S/c1-27-19-9-5-4-8-16(19)21(25)24-18(12-14-29-2)22(26)23-17-11-13-28-20-10-6-3-7-15(17)20/h3-10,17-18H,11-14H2,1-2H3,(H,23,26)(H,24,25)/t17-,18-/m0/s1. The van der Waals surface area contributed by atoms with Crippen LogP contribution < -0.4 is 20.1 Å². The van der Waals surface area contributed by atoms with Crippen molar-refractivity contribution in [3.63, 3.8) is 0 Å². The lowest BCUT2D eigenvalue weighted by molar-refractivity contribution is -0.124. The maximum atomic E-state index is 13.0. The molecule has 2 N–H and O–H groups in total. The smallest absolute Gasteiger partial charge is 0.255 e. The molecule has 29 heavy (non-hydrogen) atoms. The zero-order chi connectivity index (χ0) is 20.6. The van der Waals surface area contributed by atoms with Crippen molar-refractivity contribution in [3.05, 3.63) is 59.7 Å². The van der Waals surface area contributed by atoms with Gasteiger partial charge in [0.15, 0.2) is 0 Å². The molecule has 0 aliphatic carbocycles. The summed E-state index contributed by atoms with van der Waals surface area (Å²) in [5.41, 5.74) is 1.38. The summed E-state index contributed by atoms with van der Waals surface area (Å²) < 4.78 is 10.9. The van der Waals surface area contributed by atoms with Gasteiger partial charge in [0.05, 0.1) is 25.3 Å². The van der Waals surface area contributed by atoms with E-state index in [9.17, 15) is 9.59 Å². The maximum Gasteiger partial charge on any atom is 0.255 e. The number of rotatable bonds is 8. The van der Waals surface area contributed by atoms with Gasteiger partial charge in [0, 0.05) is 12.0 Å².